The molecule has 0 bridgehead atoms. The minimum absolute atomic E-state index is 0.0277. The topological polar surface area (TPSA) is 101 Å². The van der Waals surface area contributed by atoms with E-state index in [4.69, 9.17) is 5.73 Å². The van der Waals surface area contributed by atoms with E-state index >= 15 is 0 Å². The van der Waals surface area contributed by atoms with E-state index in [2.05, 4.69) is 10.0 Å². The zero-order valence-corrected chi connectivity index (χ0v) is 13.6. The van der Waals surface area contributed by atoms with Crippen molar-refractivity contribution in [3.05, 3.63) is 24.3 Å². The summed E-state index contributed by atoms with van der Waals surface area (Å²) >= 11 is 0. The lowest BCUT2D eigenvalue weighted by Gasteiger charge is -2.15. The van der Waals surface area contributed by atoms with Crippen LogP contribution < -0.4 is 15.8 Å². The molecule has 1 amide bonds. The molecule has 118 valence electrons. The number of nitrogens with two attached hydrogens (primary N) is 1. The van der Waals surface area contributed by atoms with E-state index in [1.165, 1.54) is 12.1 Å². The van der Waals surface area contributed by atoms with Crippen LogP contribution in [-0.4, -0.2) is 26.4 Å². The van der Waals surface area contributed by atoms with E-state index in [0.29, 0.717) is 5.69 Å². The molecule has 0 saturated carbocycles. The molecule has 0 fully saturated rings. The number of hydrogen-bond donors (Lipinski definition) is 3. The number of amides is 1. The quantitative estimate of drug-likeness (QED) is 0.736. The van der Waals surface area contributed by atoms with Gasteiger partial charge in [-0.2, -0.15) is 0 Å². The van der Waals surface area contributed by atoms with Gasteiger partial charge in [-0.15, -0.1) is 0 Å². The maximum absolute atomic E-state index is 12.0. The maximum Gasteiger partial charge on any atom is 0.241 e. The molecule has 0 radical (unpaired) electrons. The van der Waals surface area contributed by atoms with Crippen LogP contribution >= 0.6 is 0 Å². The predicted octanol–water partition coefficient (Wildman–Crippen LogP) is 1.30. The largest absolute Gasteiger partial charge is 0.325 e. The summed E-state index contributed by atoms with van der Waals surface area (Å²) < 4.78 is 26.4. The van der Waals surface area contributed by atoms with Crippen LogP contribution in [0.5, 0.6) is 0 Å². The second kappa shape index (κ2) is 7.02. The molecule has 7 heteroatoms. The Morgan fingerprint density at radius 1 is 1.10 bits per heavy atom. The Morgan fingerprint density at radius 2 is 1.62 bits per heavy atom. The number of rotatable bonds is 6. The smallest absolute Gasteiger partial charge is 0.241 e. The Morgan fingerprint density at radius 3 is 2.05 bits per heavy atom. The molecular weight excluding hydrogens is 290 g/mol. The first-order valence-corrected chi connectivity index (χ1v) is 8.30. The first-order chi connectivity index (χ1) is 9.63. The van der Waals surface area contributed by atoms with Crippen LogP contribution in [0.2, 0.25) is 0 Å². The molecule has 0 spiro atoms. The van der Waals surface area contributed by atoms with Gasteiger partial charge in [-0.1, -0.05) is 13.8 Å². The van der Waals surface area contributed by atoms with E-state index in [1.54, 1.807) is 26.0 Å². The lowest BCUT2D eigenvalue weighted by atomic mass is 10.1. The third kappa shape index (κ3) is 5.11. The van der Waals surface area contributed by atoms with Crippen molar-refractivity contribution in [1.29, 1.82) is 0 Å². The fourth-order valence-corrected chi connectivity index (χ4v) is 2.88. The second-order valence-corrected chi connectivity index (χ2v) is 7.27. The minimum atomic E-state index is -3.52. The fourth-order valence-electron chi connectivity index (χ4n) is 1.62. The highest BCUT2D eigenvalue weighted by Crippen LogP contribution is 2.15. The Kier molecular flexibility index (Phi) is 5.88. The number of sulfonamides is 1. The molecule has 1 unspecified atom stereocenters. The van der Waals surface area contributed by atoms with E-state index in [0.717, 1.165) is 0 Å². The van der Waals surface area contributed by atoms with E-state index < -0.39 is 16.1 Å². The Bertz CT molecular complexity index is 580. The maximum atomic E-state index is 12.0. The van der Waals surface area contributed by atoms with E-state index in [9.17, 15) is 13.2 Å². The highest BCUT2D eigenvalue weighted by atomic mass is 32.2. The molecular formula is C14H23N3O3S. The summed E-state index contributed by atoms with van der Waals surface area (Å²) in [4.78, 5) is 12.0. The van der Waals surface area contributed by atoms with Crippen molar-refractivity contribution in [3.8, 4) is 0 Å². The Labute approximate surface area is 126 Å². The molecule has 4 N–H and O–H groups in total. The number of carbonyl (C=O) groups excluding carboxylic acids is 1. The number of benzene rings is 1. The molecule has 0 aliphatic carbocycles. The van der Waals surface area contributed by atoms with Crippen LogP contribution in [0.4, 0.5) is 5.69 Å². The summed E-state index contributed by atoms with van der Waals surface area (Å²) in [5.74, 6) is -0.263. The van der Waals surface area contributed by atoms with Gasteiger partial charge in [-0.25, -0.2) is 13.1 Å². The third-order valence-corrected chi connectivity index (χ3v) is 4.52. The van der Waals surface area contributed by atoms with Crippen LogP contribution in [0.25, 0.3) is 0 Å². The number of nitrogens with one attached hydrogen (secondary N) is 2. The van der Waals surface area contributed by atoms with E-state index in [1.807, 2.05) is 13.8 Å². The average molecular weight is 313 g/mol. The standard InChI is InChI=1S/C14H23N3O3S/c1-9(2)13(15)14(18)16-11-5-7-12(8-6-11)21(19,20)17-10(3)4/h5-10,13,17H,15H2,1-4H3,(H,16,18). The lowest BCUT2D eigenvalue weighted by molar-refractivity contribution is -0.118. The first kappa shape index (κ1) is 17.6. The zero-order valence-electron chi connectivity index (χ0n) is 12.8. The molecule has 0 heterocycles. The van der Waals surface area contributed by atoms with Gasteiger partial charge in [0.25, 0.3) is 0 Å². The summed E-state index contributed by atoms with van der Waals surface area (Å²) in [6.45, 7) is 7.22. The molecule has 0 aromatic heterocycles. The summed E-state index contributed by atoms with van der Waals surface area (Å²) in [5, 5.41) is 2.66. The number of anilines is 1. The van der Waals surface area contributed by atoms with Gasteiger partial charge in [-0.05, 0) is 44.0 Å². The van der Waals surface area contributed by atoms with Gasteiger partial charge >= 0.3 is 0 Å². The van der Waals surface area contributed by atoms with Crippen LogP contribution in [0.3, 0.4) is 0 Å². The van der Waals surface area contributed by atoms with Crippen molar-refractivity contribution in [2.45, 2.75) is 44.7 Å². The molecule has 1 rings (SSSR count). The zero-order chi connectivity index (χ0) is 16.2. The molecule has 21 heavy (non-hydrogen) atoms. The van der Waals surface area contributed by atoms with Gasteiger partial charge in [0.1, 0.15) is 0 Å². The Hall–Kier alpha value is -1.44. The van der Waals surface area contributed by atoms with Gasteiger partial charge in [0.05, 0.1) is 10.9 Å². The molecule has 1 aromatic carbocycles. The Balaban J connectivity index is 2.82. The van der Waals surface area contributed by atoms with Gasteiger partial charge in [-0.3, -0.25) is 4.79 Å². The van der Waals surface area contributed by atoms with E-state index in [-0.39, 0.29) is 22.8 Å². The highest BCUT2D eigenvalue weighted by Gasteiger charge is 2.18. The molecule has 0 aliphatic heterocycles. The van der Waals surface area contributed by atoms with Crippen molar-refractivity contribution in [2.75, 3.05) is 5.32 Å². The second-order valence-electron chi connectivity index (χ2n) is 5.56. The summed E-state index contributed by atoms with van der Waals surface area (Å²) in [6, 6.07) is 5.19. The molecule has 1 aromatic rings. The number of hydrogen-bond acceptors (Lipinski definition) is 4. The van der Waals surface area contributed by atoms with Crippen LogP contribution in [0.1, 0.15) is 27.7 Å². The minimum Gasteiger partial charge on any atom is -0.325 e. The summed E-state index contributed by atoms with van der Waals surface area (Å²) in [5.41, 5.74) is 6.26. The summed E-state index contributed by atoms with van der Waals surface area (Å²) in [7, 11) is -3.52. The van der Waals surface area contributed by atoms with Gasteiger partial charge in [0, 0.05) is 11.7 Å². The van der Waals surface area contributed by atoms with Crippen molar-refractivity contribution in [1.82, 2.24) is 4.72 Å². The predicted molar refractivity (Wildman–Crippen MR) is 83.3 cm³/mol. The first-order valence-electron chi connectivity index (χ1n) is 6.82. The third-order valence-electron chi connectivity index (χ3n) is 2.84. The van der Waals surface area contributed by atoms with Gasteiger partial charge in [0.2, 0.25) is 15.9 Å². The van der Waals surface area contributed by atoms with Crippen LogP contribution in [-0.2, 0) is 14.8 Å². The fraction of sp³-hybridized carbons (Fsp3) is 0.500. The lowest BCUT2D eigenvalue weighted by Crippen LogP contribution is -2.39. The van der Waals surface area contributed by atoms with Crippen molar-refractivity contribution in [2.24, 2.45) is 11.7 Å². The monoisotopic (exact) mass is 313 g/mol. The normalized spacial score (nSPS) is 13.5. The van der Waals surface area contributed by atoms with Crippen molar-refractivity contribution >= 4 is 21.6 Å². The van der Waals surface area contributed by atoms with Crippen molar-refractivity contribution in [3.63, 3.8) is 0 Å². The average Bonchev–Trinajstić information content (AvgIpc) is 2.36. The molecule has 0 saturated heterocycles. The molecule has 6 nitrogen and oxygen atoms in total. The van der Waals surface area contributed by atoms with Crippen LogP contribution in [0.15, 0.2) is 29.2 Å². The molecule has 0 aliphatic rings. The van der Waals surface area contributed by atoms with Gasteiger partial charge in [0.15, 0.2) is 0 Å². The van der Waals surface area contributed by atoms with Crippen molar-refractivity contribution < 1.29 is 13.2 Å². The number of carbonyl (C=O) groups is 1. The molecule has 1 atom stereocenters. The van der Waals surface area contributed by atoms with Crippen LogP contribution in [0, 0.1) is 5.92 Å². The summed E-state index contributed by atoms with van der Waals surface area (Å²) in [6.07, 6.45) is 0. The van der Waals surface area contributed by atoms with Gasteiger partial charge < -0.3 is 11.1 Å². The highest BCUT2D eigenvalue weighted by molar-refractivity contribution is 7.89. The SMILES string of the molecule is CC(C)NS(=O)(=O)c1ccc(NC(=O)C(N)C(C)C)cc1.